The topological polar surface area (TPSA) is 40.1 Å². The predicted octanol–water partition coefficient (Wildman–Crippen LogP) is 4.01. The molecule has 0 radical (unpaired) electrons. The summed E-state index contributed by atoms with van der Waals surface area (Å²) in [5.41, 5.74) is 1.36. The Morgan fingerprint density at radius 3 is 2.39 bits per heavy atom. The molecule has 5 nitrogen and oxygen atoms in total. The predicted molar refractivity (Wildman–Crippen MR) is 130 cm³/mol. The fourth-order valence-electron chi connectivity index (χ4n) is 3.89. The van der Waals surface area contributed by atoms with E-state index in [2.05, 4.69) is 71.3 Å². The number of aliphatic imine (C=N–C) groups is 1. The van der Waals surface area contributed by atoms with Crippen LogP contribution in [0.5, 0.6) is 0 Å². The highest BCUT2D eigenvalue weighted by molar-refractivity contribution is 14.0. The number of hydrogen-bond acceptors (Lipinski definition) is 3. The summed E-state index contributed by atoms with van der Waals surface area (Å²) in [6, 6.07) is 11.1. The maximum atomic E-state index is 5.47. The molecule has 1 aromatic rings. The second-order valence-corrected chi connectivity index (χ2v) is 7.34. The Bertz CT molecular complexity index is 545. The number of likely N-dealkylation sites (N-methyl/N-ethyl adjacent to an activating group) is 1. The Morgan fingerprint density at radius 2 is 1.82 bits per heavy atom. The maximum absolute atomic E-state index is 5.47. The van der Waals surface area contributed by atoms with Gasteiger partial charge in [-0.25, -0.2) is 0 Å². The lowest BCUT2D eigenvalue weighted by Gasteiger charge is -2.32. The molecular weight excluding hydrogens is 463 g/mol. The third-order valence-electron chi connectivity index (χ3n) is 5.68. The number of nitrogens with one attached hydrogen (secondary N) is 1. The van der Waals surface area contributed by atoms with Crippen molar-refractivity contribution in [2.75, 3.05) is 53.5 Å². The van der Waals surface area contributed by atoms with Gasteiger partial charge in [-0.1, -0.05) is 44.2 Å². The van der Waals surface area contributed by atoms with E-state index in [-0.39, 0.29) is 24.0 Å². The molecule has 0 aromatic heterocycles. The molecule has 160 valence electrons. The highest BCUT2D eigenvalue weighted by Gasteiger charge is 2.20. The average molecular weight is 502 g/mol. The minimum absolute atomic E-state index is 0. The van der Waals surface area contributed by atoms with Crippen LogP contribution >= 0.6 is 24.0 Å². The SMILES string of the molecule is CCN(CC)C(CNC(=NC)N(C)CCC1CCOCC1)c1ccccc1.I. The summed E-state index contributed by atoms with van der Waals surface area (Å²) < 4.78 is 5.47. The largest absolute Gasteiger partial charge is 0.381 e. The minimum atomic E-state index is 0. The van der Waals surface area contributed by atoms with Gasteiger partial charge < -0.3 is 15.0 Å². The normalized spacial score (nSPS) is 16.5. The zero-order valence-corrected chi connectivity index (χ0v) is 20.4. The summed E-state index contributed by atoms with van der Waals surface area (Å²) in [4.78, 5) is 9.28. The van der Waals surface area contributed by atoms with Crippen molar-refractivity contribution in [2.24, 2.45) is 10.9 Å². The molecule has 1 atom stereocenters. The number of rotatable bonds is 9. The lowest BCUT2D eigenvalue weighted by molar-refractivity contribution is 0.0625. The molecule has 1 aliphatic rings. The summed E-state index contributed by atoms with van der Waals surface area (Å²) in [5, 5.41) is 3.61. The zero-order valence-electron chi connectivity index (χ0n) is 18.1. The van der Waals surface area contributed by atoms with Crippen LogP contribution in [0.25, 0.3) is 0 Å². The van der Waals surface area contributed by atoms with Crippen molar-refractivity contribution in [3.8, 4) is 0 Å². The molecule has 1 saturated heterocycles. The van der Waals surface area contributed by atoms with Crippen LogP contribution in [-0.2, 0) is 4.74 Å². The molecule has 0 spiro atoms. The molecule has 1 N–H and O–H groups in total. The van der Waals surface area contributed by atoms with Crippen LogP contribution in [0.1, 0.15) is 44.7 Å². The van der Waals surface area contributed by atoms with Gasteiger partial charge in [-0.15, -0.1) is 24.0 Å². The van der Waals surface area contributed by atoms with Crippen molar-refractivity contribution in [1.29, 1.82) is 0 Å². The zero-order chi connectivity index (χ0) is 19.5. The fourth-order valence-corrected chi connectivity index (χ4v) is 3.89. The van der Waals surface area contributed by atoms with Crippen LogP contribution in [-0.4, -0.2) is 69.2 Å². The first-order valence-corrected chi connectivity index (χ1v) is 10.5. The van der Waals surface area contributed by atoms with E-state index < -0.39 is 0 Å². The third kappa shape index (κ3) is 7.87. The van der Waals surface area contributed by atoms with Gasteiger partial charge in [-0.05, 0) is 43.8 Å². The quantitative estimate of drug-likeness (QED) is 0.315. The number of halogens is 1. The molecule has 0 bridgehead atoms. The summed E-state index contributed by atoms with van der Waals surface area (Å²) >= 11 is 0. The molecule has 6 heteroatoms. The van der Waals surface area contributed by atoms with Gasteiger partial charge in [0.1, 0.15) is 0 Å². The Balaban J connectivity index is 0.00000392. The lowest BCUT2D eigenvalue weighted by Crippen LogP contribution is -2.44. The first kappa shape index (κ1) is 25.2. The summed E-state index contributed by atoms with van der Waals surface area (Å²) in [5.74, 6) is 1.77. The van der Waals surface area contributed by atoms with Crippen LogP contribution in [0, 0.1) is 5.92 Å². The summed E-state index contributed by atoms with van der Waals surface area (Å²) in [7, 11) is 4.02. The monoisotopic (exact) mass is 502 g/mol. The standard InChI is InChI=1S/C22H38N4O.HI/c1-5-26(6-2)21(20-10-8-7-9-11-20)18-24-22(23-3)25(4)15-12-19-13-16-27-17-14-19;/h7-11,19,21H,5-6,12-18H2,1-4H3,(H,23,24);1H. The van der Waals surface area contributed by atoms with E-state index in [1.54, 1.807) is 0 Å². The van der Waals surface area contributed by atoms with E-state index in [1.165, 1.54) is 24.8 Å². The van der Waals surface area contributed by atoms with Crippen LogP contribution in [0.15, 0.2) is 35.3 Å². The van der Waals surface area contributed by atoms with Gasteiger partial charge in [0.15, 0.2) is 5.96 Å². The van der Waals surface area contributed by atoms with Crippen molar-refractivity contribution in [2.45, 2.75) is 39.2 Å². The molecule has 28 heavy (non-hydrogen) atoms. The average Bonchev–Trinajstić information content (AvgIpc) is 2.73. The van der Waals surface area contributed by atoms with E-state index >= 15 is 0 Å². The Hall–Kier alpha value is -0.860. The Labute approximate surface area is 188 Å². The molecule has 2 rings (SSSR count). The number of guanidine groups is 1. The van der Waals surface area contributed by atoms with Gasteiger partial charge in [0.25, 0.3) is 0 Å². The van der Waals surface area contributed by atoms with Crippen LogP contribution < -0.4 is 5.32 Å². The molecule has 1 aromatic carbocycles. The van der Waals surface area contributed by atoms with Crippen LogP contribution in [0.2, 0.25) is 0 Å². The molecule has 1 fully saturated rings. The van der Waals surface area contributed by atoms with Gasteiger partial charge in [-0.2, -0.15) is 0 Å². The van der Waals surface area contributed by atoms with Crippen molar-refractivity contribution >= 4 is 29.9 Å². The first-order valence-electron chi connectivity index (χ1n) is 10.5. The van der Waals surface area contributed by atoms with Gasteiger partial charge in [0, 0.05) is 40.4 Å². The van der Waals surface area contributed by atoms with Crippen molar-refractivity contribution < 1.29 is 4.74 Å². The van der Waals surface area contributed by atoms with Crippen molar-refractivity contribution in [1.82, 2.24) is 15.1 Å². The molecule has 1 heterocycles. The second-order valence-electron chi connectivity index (χ2n) is 7.34. The van der Waals surface area contributed by atoms with E-state index in [4.69, 9.17) is 4.74 Å². The first-order chi connectivity index (χ1) is 13.2. The van der Waals surface area contributed by atoms with Crippen molar-refractivity contribution in [3.63, 3.8) is 0 Å². The Morgan fingerprint density at radius 1 is 1.18 bits per heavy atom. The maximum Gasteiger partial charge on any atom is 0.193 e. The molecule has 0 aliphatic carbocycles. The number of hydrogen-bond donors (Lipinski definition) is 1. The van der Waals surface area contributed by atoms with E-state index in [1.807, 2.05) is 7.05 Å². The van der Waals surface area contributed by atoms with Gasteiger partial charge >= 0.3 is 0 Å². The molecular formula is C22H39IN4O. The molecule has 0 saturated carbocycles. The fraction of sp³-hybridized carbons (Fsp3) is 0.682. The van der Waals surface area contributed by atoms with Gasteiger partial charge in [-0.3, -0.25) is 9.89 Å². The van der Waals surface area contributed by atoms with Crippen LogP contribution in [0.3, 0.4) is 0 Å². The van der Waals surface area contributed by atoms with Crippen molar-refractivity contribution in [3.05, 3.63) is 35.9 Å². The molecule has 1 unspecified atom stereocenters. The lowest BCUT2D eigenvalue weighted by atomic mass is 9.96. The molecule has 0 amide bonds. The highest BCUT2D eigenvalue weighted by atomic mass is 127. The van der Waals surface area contributed by atoms with Crippen LogP contribution in [0.4, 0.5) is 0 Å². The highest BCUT2D eigenvalue weighted by Crippen LogP contribution is 2.20. The summed E-state index contributed by atoms with van der Waals surface area (Å²) in [6.45, 7) is 10.3. The van der Waals surface area contributed by atoms with E-state index in [0.717, 1.165) is 51.3 Å². The minimum Gasteiger partial charge on any atom is -0.381 e. The molecule has 1 aliphatic heterocycles. The number of nitrogens with zero attached hydrogens (tertiary/aromatic N) is 3. The third-order valence-corrected chi connectivity index (χ3v) is 5.68. The Kier molecular flexibility index (Phi) is 12.7. The number of benzene rings is 1. The van der Waals surface area contributed by atoms with Gasteiger partial charge in [0.05, 0.1) is 6.04 Å². The smallest absolute Gasteiger partial charge is 0.193 e. The van der Waals surface area contributed by atoms with E-state index in [0.29, 0.717) is 6.04 Å². The second kappa shape index (κ2) is 14.2. The summed E-state index contributed by atoms with van der Waals surface area (Å²) in [6.07, 6.45) is 3.59. The van der Waals surface area contributed by atoms with Gasteiger partial charge in [0.2, 0.25) is 0 Å². The number of ether oxygens (including phenoxy) is 1. The van der Waals surface area contributed by atoms with E-state index in [9.17, 15) is 0 Å².